The van der Waals surface area contributed by atoms with E-state index >= 15 is 0 Å². The number of aromatic nitrogens is 2. The summed E-state index contributed by atoms with van der Waals surface area (Å²) < 4.78 is 1.69. The fourth-order valence-corrected chi connectivity index (χ4v) is 1.84. The van der Waals surface area contributed by atoms with Gasteiger partial charge in [0.15, 0.2) is 0 Å². The number of hydrogen-bond donors (Lipinski definition) is 1. The summed E-state index contributed by atoms with van der Waals surface area (Å²) in [7, 11) is 0. The molecule has 0 aliphatic rings. The fourth-order valence-electron chi connectivity index (χ4n) is 1.84. The van der Waals surface area contributed by atoms with Crippen molar-refractivity contribution in [3.63, 3.8) is 0 Å². The third-order valence-electron chi connectivity index (χ3n) is 2.79. The summed E-state index contributed by atoms with van der Waals surface area (Å²) in [4.78, 5) is 0. The summed E-state index contributed by atoms with van der Waals surface area (Å²) >= 11 is 0. The Morgan fingerprint density at radius 2 is 2.22 bits per heavy atom. The van der Waals surface area contributed by atoms with E-state index in [1.54, 1.807) is 16.8 Å². The van der Waals surface area contributed by atoms with Crippen LogP contribution in [0.1, 0.15) is 31.0 Å². The zero-order valence-electron chi connectivity index (χ0n) is 10.4. The first-order valence-electron chi connectivity index (χ1n) is 6.09. The predicted octanol–water partition coefficient (Wildman–Crippen LogP) is 2.67. The normalized spacial score (nSPS) is 10.2. The lowest BCUT2D eigenvalue weighted by Crippen LogP contribution is -2.02. The number of nitrogens with two attached hydrogens (primary N) is 1. The van der Waals surface area contributed by atoms with E-state index in [1.807, 2.05) is 18.2 Å². The van der Waals surface area contributed by atoms with Gasteiger partial charge in [0.05, 0.1) is 23.0 Å². The highest BCUT2D eigenvalue weighted by atomic mass is 15.3. The summed E-state index contributed by atoms with van der Waals surface area (Å²) in [5.74, 6) is 0.608. The first-order chi connectivity index (χ1) is 8.74. The van der Waals surface area contributed by atoms with Crippen LogP contribution < -0.4 is 5.73 Å². The van der Waals surface area contributed by atoms with Crippen LogP contribution in [-0.2, 0) is 6.42 Å². The molecule has 0 saturated carbocycles. The Kier molecular flexibility index (Phi) is 3.63. The highest BCUT2D eigenvalue weighted by Crippen LogP contribution is 2.16. The van der Waals surface area contributed by atoms with Gasteiger partial charge in [-0.2, -0.15) is 10.4 Å². The lowest BCUT2D eigenvalue weighted by atomic mass is 10.2. The molecule has 92 valence electrons. The van der Waals surface area contributed by atoms with Crippen LogP contribution in [0.2, 0.25) is 0 Å². The highest BCUT2D eigenvalue weighted by Gasteiger charge is 2.07. The molecule has 0 aliphatic heterocycles. The van der Waals surface area contributed by atoms with E-state index in [4.69, 9.17) is 11.0 Å². The summed E-state index contributed by atoms with van der Waals surface area (Å²) in [6.45, 7) is 2.15. The molecule has 4 heteroatoms. The van der Waals surface area contributed by atoms with Crippen LogP contribution in [0.25, 0.3) is 5.69 Å². The van der Waals surface area contributed by atoms with Crippen LogP contribution in [0.3, 0.4) is 0 Å². The topological polar surface area (TPSA) is 67.6 Å². The first-order valence-corrected chi connectivity index (χ1v) is 6.09. The van der Waals surface area contributed by atoms with Gasteiger partial charge in [0.1, 0.15) is 5.82 Å². The van der Waals surface area contributed by atoms with Gasteiger partial charge in [-0.25, -0.2) is 4.68 Å². The summed E-state index contributed by atoms with van der Waals surface area (Å²) in [6.07, 6.45) is 3.18. The van der Waals surface area contributed by atoms with Gasteiger partial charge in [-0.3, -0.25) is 0 Å². The Morgan fingerprint density at radius 1 is 1.39 bits per heavy atom. The second-order valence-electron chi connectivity index (χ2n) is 4.24. The molecule has 0 unspecified atom stereocenters. The maximum atomic E-state index is 8.89. The molecule has 2 aromatic rings. The molecule has 0 spiro atoms. The third-order valence-corrected chi connectivity index (χ3v) is 2.79. The quantitative estimate of drug-likeness (QED) is 0.893. The number of aryl methyl sites for hydroxylation is 1. The molecule has 18 heavy (non-hydrogen) atoms. The molecule has 0 aliphatic carbocycles. The van der Waals surface area contributed by atoms with Gasteiger partial charge in [-0.1, -0.05) is 19.4 Å². The zero-order chi connectivity index (χ0) is 13.0. The van der Waals surface area contributed by atoms with Crippen molar-refractivity contribution in [1.82, 2.24) is 9.78 Å². The Morgan fingerprint density at radius 3 is 2.94 bits per heavy atom. The summed E-state index contributed by atoms with van der Waals surface area (Å²) in [5.41, 5.74) is 8.39. The van der Waals surface area contributed by atoms with Crippen molar-refractivity contribution in [1.29, 1.82) is 5.26 Å². The molecule has 0 amide bonds. The van der Waals surface area contributed by atoms with E-state index < -0.39 is 0 Å². The summed E-state index contributed by atoms with van der Waals surface area (Å²) in [6, 6.07) is 11.3. The lowest BCUT2D eigenvalue weighted by Gasteiger charge is -2.03. The molecule has 2 rings (SSSR count). The molecule has 1 aromatic heterocycles. The molecule has 0 atom stereocenters. The van der Waals surface area contributed by atoms with Crippen LogP contribution in [0.4, 0.5) is 5.82 Å². The van der Waals surface area contributed by atoms with Crippen molar-refractivity contribution in [3.8, 4) is 11.8 Å². The Bertz CT molecular complexity index is 578. The van der Waals surface area contributed by atoms with Gasteiger partial charge < -0.3 is 5.73 Å². The van der Waals surface area contributed by atoms with Crippen LogP contribution in [0, 0.1) is 11.3 Å². The first kappa shape index (κ1) is 12.2. The van der Waals surface area contributed by atoms with Crippen LogP contribution in [0.5, 0.6) is 0 Å². The van der Waals surface area contributed by atoms with Crippen molar-refractivity contribution >= 4 is 5.82 Å². The molecular formula is C14H16N4. The van der Waals surface area contributed by atoms with E-state index in [0.29, 0.717) is 11.4 Å². The number of hydrogen-bond acceptors (Lipinski definition) is 3. The van der Waals surface area contributed by atoms with E-state index in [9.17, 15) is 0 Å². The zero-order valence-corrected chi connectivity index (χ0v) is 10.4. The molecule has 0 fully saturated rings. The number of anilines is 1. The third kappa shape index (κ3) is 2.51. The van der Waals surface area contributed by atoms with Crippen LogP contribution in [-0.4, -0.2) is 9.78 Å². The van der Waals surface area contributed by atoms with Gasteiger partial charge >= 0.3 is 0 Å². The van der Waals surface area contributed by atoms with Crippen molar-refractivity contribution < 1.29 is 0 Å². The predicted molar refractivity (Wildman–Crippen MR) is 71.3 cm³/mol. The SMILES string of the molecule is CCCCc1cc(N)n(-c2cccc(C#N)c2)n1. The molecule has 1 aromatic carbocycles. The molecule has 2 N–H and O–H groups in total. The van der Waals surface area contributed by atoms with Crippen molar-refractivity contribution in [2.45, 2.75) is 26.2 Å². The average molecular weight is 240 g/mol. The van der Waals surface area contributed by atoms with E-state index in [-0.39, 0.29) is 0 Å². The van der Waals surface area contributed by atoms with E-state index in [1.165, 1.54) is 0 Å². The van der Waals surface area contributed by atoms with Crippen molar-refractivity contribution in [3.05, 3.63) is 41.6 Å². The molecule has 0 radical (unpaired) electrons. The summed E-state index contributed by atoms with van der Waals surface area (Å²) in [5, 5.41) is 13.4. The minimum absolute atomic E-state index is 0.608. The van der Waals surface area contributed by atoms with Crippen LogP contribution in [0.15, 0.2) is 30.3 Å². The molecule has 4 nitrogen and oxygen atoms in total. The monoisotopic (exact) mass is 240 g/mol. The van der Waals surface area contributed by atoms with Gasteiger partial charge in [0, 0.05) is 6.07 Å². The maximum absolute atomic E-state index is 8.89. The molecule has 0 saturated heterocycles. The number of unbranched alkanes of at least 4 members (excludes halogenated alkanes) is 1. The second-order valence-corrected chi connectivity index (χ2v) is 4.24. The highest BCUT2D eigenvalue weighted by molar-refractivity contribution is 5.46. The van der Waals surface area contributed by atoms with Gasteiger partial charge in [-0.05, 0) is 31.0 Å². The molecule has 1 heterocycles. The van der Waals surface area contributed by atoms with Crippen molar-refractivity contribution in [2.24, 2.45) is 0 Å². The average Bonchev–Trinajstić information content (AvgIpc) is 2.77. The number of rotatable bonds is 4. The smallest absolute Gasteiger partial charge is 0.127 e. The Hall–Kier alpha value is -2.28. The lowest BCUT2D eigenvalue weighted by molar-refractivity contribution is 0.753. The largest absolute Gasteiger partial charge is 0.384 e. The maximum Gasteiger partial charge on any atom is 0.127 e. The minimum atomic E-state index is 0.608. The van der Waals surface area contributed by atoms with Crippen molar-refractivity contribution in [2.75, 3.05) is 5.73 Å². The second kappa shape index (κ2) is 5.37. The Balaban J connectivity index is 2.32. The molecule has 0 bridgehead atoms. The number of benzene rings is 1. The molecular weight excluding hydrogens is 224 g/mol. The van der Waals surface area contributed by atoms with Gasteiger partial charge in [0.25, 0.3) is 0 Å². The van der Waals surface area contributed by atoms with Gasteiger partial charge in [0.2, 0.25) is 0 Å². The van der Waals surface area contributed by atoms with Gasteiger partial charge in [-0.15, -0.1) is 0 Å². The van der Waals surface area contributed by atoms with E-state index in [2.05, 4.69) is 18.1 Å². The number of nitriles is 1. The standard InChI is InChI=1S/C14H16N4/c1-2-3-6-12-9-14(16)18(17-12)13-7-4-5-11(8-13)10-15/h4-5,7-9H,2-3,6,16H2,1H3. The van der Waals surface area contributed by atoms with E-state index in [0.717, 1.165) is 30.6 Å². The van der Waals surface area contributed by atoms with Crippen LogP contribution >= 0.6 is 0 Å². The fraction of sp³-hybridized carbons (Fsp3) is 0.286. The number of nitrogens with zero attached hydrogens (tertiary/aromatic N) is 3. The minimum Gasteiger partial charge on any atom is -0.384 e. The number of nitrogen functional groups attached to an aromatic ring is 1. The Labute approximate surface area is 107 Å².